The molecule has 0 bridgehead atoms. The average molecular weight is 546 g/mol. The van der Waals surface area contributed by atoms with Crippen LogP contribution in [0.15, 0.2) is 45.3 Å². The standard InChI is InChI=1S/C22H35N5OS.HI/c1-4-23-22(24-17-19(26(5-2)6-3)20-9-7-15-28-20)25-18-11-13-27(14-12-18)21-10-8-16-29-21;/h7-10,15-16,18-19H,4-6,11-14,17H2,1-3H3,(H2,23,24,25);1H. The second-order valence-corrected chi connectivity index (χ2v) is 8.26. The lowest BCUT2D eigenvalue weighted by atomic mass is 10.1. The first-order valence-corrected chi connectivity index (χ1v) is 11.7. The highest BCUT2D eigenvalue weighted by Gasteiger charge is 2.23. The number of furan rings is 1. The topological polar surface area (TPSA) is 56.0 Å². The maximum atomic E-state index is 5.71. The maximum absolute atomic E-state index is 5.71. The van der Waals surface area contributed by atoms with Crippen molar-refractivity contribution in [2.24, 2.45) is 4.99 Å². The van der Waals surface area contributed by atoms with Crippen LogP contribution in [0.5, 0.6) is 0 Å². The van der Waals surface area contributed by atoms with Crippen molar-refractivity contribution < 1.29 is 4.42 Å². The van der Waals surface area contributed by atoms with Gasteiger partial charge in [0.05, 0.1) is 23.9 Å². The molecule has 0 aliphatic carbocycles. The zero-order valence-electron chi connectivity index (χ0n) is 18.3. The van der Waals surface area contributed by atoms with Gasteiger partial charge in [-0.25, -0.2) is 0 Å². The number of nitrogens with zero attached hydrogens (tertiary/aromatic N) is 3. The number of hydrogen-bond donors (Lipinski definition) is 2. The number of aliphatic imine (C=N–C) groups is 1. The quantitative estimate of drug-likeness (QED) is 0.275. The van der Waals surface area contributed by atoms with E-state index in [-0.39, 0.29) is 30.0 Å². The molecule has 0 radical (unpaired) electrons. The fraction of sp³-hybridized carbons (Fsp3) is 0.591. The van der Waals surface area contributed by atoms with E-state index in [9.17, 15) is 0 Å². The number of guanidine groups is 1. The van der Waals surface area contributed by atoms with Crippen LogP contribution in [0.4, 0.5) is 5.00 Å². The molecule has 1 unspecified atom stereocenters. The van der Waals surface area contributed by atoms with Gasteiger partial charge in [-0.1, -0.05) is 13.8 Å². The molecule has 6 nitrogen and oxygen atoms in total. The molecule has 1 saturated heterocycles. The van der Waals surface area contributed by atoms with Crippen molar-refractivity contribution in [3.63, 3.8) is 0 Å². The molecule has 30 heavy (non-hydrogen) atoms. The molecule has 3 rings (SSSR count). The van der Waals surface area contributed by atoms with Gasteiger partial charge in [0.1, 0.15) is 5.76 Å². The number of anilines is 1. The Hall–Kier alpha value is -1.26. The molecule has 3 heterocycles. The fourth-order valence-corrected chi connectivity index (χ4v) is 4.70. The van der Waals surface area contributed by atoms with Crippen molar-refractivity contribution in [1.82, 2.24) is 15.5 Å². The lowest BCUT2D eigenvalue weighted by Gasteiger charge is -2.34. The lowest BCUT2D eigenvalue weighted by Crippen LogP contribution is -2.49. The molecular formula is C22H36IN5OS. The van der Waals surface area contributed by atoms with Crippen molar-refractivity contribution in [2.45, 2.75) is 45.7 Å². The van der Waals surface area contributed by atoms with Crippen molar-refractivity contribution in [2.75, 3.05) is 44.2 Å². The highest BCUT2D eigenvalue weighted by atomic mass is 127. The van der Waals surface area contributed by atoms with E-state index in [0.29, 0.717) is 12.6 Å². The highest BCUT2D eigenvalue weighted by molar-refractivity contribution is 14.0. The number of likely N-dealkylation sites (N-methyl/N-ethyl adjacent to an activating group) is 1. The zero-order valence-corrected chi connectivity index (χ0v) is 21.5. The number of thiophene rings is 1. The number of rotatable bonds is 9. The van der Waals surface area contributed by atoms with Gasteiger partial charge in [-0.2, -0.15) is 0 Å². The second kappa shape index (κ2) is 13.2. The van der Waals surface area contributed by atoms with Crippen molar-refractivity contribution in [3.8, 4) is 0 Å². The molecule has 2 aromatic heterocycles. The molecule has 2 aromatic rings. The third-order valence-electron chi connectivity index (χ3n) is 5.54. The van der Waals surface area contributed by atoms with Crippen LogP contribution in [0.25, 0.3) is 0 Å². The molecule has 0 amide bonds. The summed E-state index contributed by atoms with van der Waals surface area (Å²) in [6.07, 6.45) is 4.00. The Labute approximate surface area is 202 Å². The van der Waals surface area contributed by atoms with Crippen molar-refractivity contribution in [1.29, 1.82) is 0 Å². The second-order valence-electron chi connectivity index (χ2n) is 7.33. The average Bonchev–Trinajstić information content (AvgIpc) is 3.46. The van der Waals surface area contributed by atoms with Gasteiger partial charge in [0.25, 0.3) is 0 Å². The largest absolute Gasteiger partial charge is 0.468 e. The van der Waals surface area contributed by atoms with Crippen LogP contribution in [0.3, 0.4) is 0 Å². The van der Waals surface area contributed by atoms with Gasteiger partial charge in [-0.15, -0.1) is 35.3 Å². The predicted molar refractivity (Wildman–Crippen MR) is 138 cm³/mol. The van der Waals surface area contributed by atoms with E-state index in [4.69, 9.17) is 9.41 Å². The minimum absolute atomic E-state index is 0. The Morgan fingerprint density at radius 3 is 2.57 bits per heavy atom. The number of piperidine rings is 1. The van der Waals surface area contributed by atoms with Crippen LogP contribution in [0.2, 0.25) is 0 Å². The summed E-state index contributed by atoms with van der Waals surface area (Å²) in [6, 6.07) is 8.98. The predicted octanol–water partition coefficient (Wildman–Crippen LogP) is 4.57. The Kier molecular flexibility index (Phi) is 11.0. The first-order valence-electron chi connectivity index (χ1n) is 10.9. The Morgan fingerprint density at radius 2 is 2.00 bits per heavy atom. The molecule has 168 valence electrons. The summed E-state index contributed by atoms with van der Waals surface area (Å²) >= 11 is 1.83. The van der Waals surface area contributed by atoms with Gasteiger partial charge < -0.3 is 20.0 Å². The van der Waals surface area contributed by atoms with Crippen LogP contribution in [0.1, 0.15) is 45.4 Å². The van der Waals surface area contributed by atoms with Gasteiger partial charge in [0.2, 0.25) is 0 Å². The number of hydrogen-bond acceptors (Lipinski definition) is 5. The summed E-state index contributed by atoms with van der Waals surface area (Å²) in [6.45, 7) is 12.2. The molecule has 2 N–H and O–H groups in total. The molecular weight excluding hydrogens is 509 g/mol. The van der Waals surface area contributed by atoms with Crippen molar-refractivity contribution >= 4 is 46.3 Å². The van der Waals surface area contributed by atoms with E-state index >= 15 is 0 Å². The normalized spacial score (nSPS) is 16.4. The minimum atomic E-state index is 0. The SMILES string of the molecule is CCNC(=NCC(c1ccco1)N(CC)CC)NC1CCN(c2cccs2)CC1.I. The smallest absolute Gasteiger partial charge is 0.191 e. The van der Waals surface area contributed by atoms with E-state index in [1.807, 2.05) is 17.4 Å². The van der Waals surface area contributed by atoms with Crippen LogP contribution in [-0.4, -0.2) is 56.2 Å². The van der Waals surface area contributed by atoms with Crippen LogP contribution in [-0.2, 0) is 0 Å². The minimum Gasteiger partial charge on any atom is -0.468 e. The molecule has 8 heteroatoms. The Bertz CT molecular complexity index is 710. The Morgan fingerprint density at radius 1 is 1.23 bits per heavy atom. The van der Waals surface area contributed by atoms with Crippen LogP contribution >= 0.6 is 35.3 Å². The van der Waals surface area contributed by atoms with Gasteiger partial charge >= 0.3 is 0 Å². The van der Waals surface area contributed by atoms with E-state index in [1.165, 1.54) is 5.00 Å². The molecule has 0 saturated carbocycles. The zero-order chi connectivity index (χ0) is 20.5. The third-order valence-corrected chi connectivity index (χ3v) is 6.47. The van der Waals surface area contributed by atoms with E-state index < -0.39 is 0 Å². The lowest BCUT2D eigenvalue weighted by molar-refractivity contribution is 0.198. The van der Waals surface area contributed by atoms with Crippen LogP contribution in [0, 0.1) is 0 Å². The molecule has 1 aliphatic heterocycles. The highest BCUT2D eigenvalue weighted by Crippen LogP contribution is 2.25. The summed E-state index contributed by atoms with van der Waals surface area (Å²) in [7, 11) is 0. The summed E-state index contributed by atoms with van der Waals surface area (Å²) in [5.41, 5.74) is 0. The van der Waals surface area contributed by atoms with E-state index in [1.54, 1.807) is 6.26 Å². The maximum Gasteiger partial charge on any atom is 0.191 e. The van der Waals surface area contributed by atoms with Gasteiger partial charge in [-0.05, 0) is 62.5 Å². The first-order chi connectivity index (χ1) is 14.2. The van der Waals surface area contributed by atoms with Crippen LogP contribution < -0.4 is 15.5 Å². The molecule has 0 spiro atoms. The third kappa shape index (κ3) is 6.88. The fourth-order valence-electron chi connectivity index (χ4n) is 3.92. The number of halogens is 1. The molecule has 0 aromatic carbocycles. The van der Waals surface area contributed by atoms with Gasteiger partial charge in [0.15, 0.2) is 5.96 Å². The summed E-state index contributed by atoms with van der Waals surface area (Å²) < 4.78 is 5.71. The summed E-state index contributed by atoms with van der Waals surface area (Å²) in [4.78, 5) is 9.81. The number of nitrogens with one attached hydrogen (secondary N) is 2. The van der Waals surface area contributed by atoms with Crippen molar-refractivity contribution in [3.05, 3.63) is 41.7 Å². The monoisotopic (exact) mass is 545 g/mol. The molecule has 1 atom stereocenters. The molecule has 1 fully saturated rings. The molecule has 1 aliphatic rings. The summed E-state index contributed by atoms with van der Waals surface area (Å²) in [5.74, 6) is 1.89. The Balaban J connectivity index is 0.00000320. The first kappa shape index (κ1) is 25.0. The van der Waals surface area contributed by atoms with E-state index in [0.717, 1.165) is 57.3 Å². The summed E-state index contributed by atoms with van der Waals surface area (Å²) in [5, 5.41) is 10.6. The van der Waals surface area contributed by atoms with Gasteiger partial charge in [-0.3, -0.25) is 9.89 Å². The van der Waals surface area contributed by atoms with E-state index in [2.05, 4.69) is 64.8 Å². The van der Waals surface area contributed by atoms with Gasteiger partial charge in [0, 0.05) is 25.7 Å².